The fourth-order valence-electron chi connectivity index (χ4n) is 4.43. The number of aliphatic carboxylic acids is 1. The van der Waals surface area contributed by atoms with Gasteiger partial charge in [-0.3, -0.25) is 9.78 Å². The molecule has 1 aromatic rings. The van der Waals surface area contributed by atoms with Gasteiger partial charge in [0.15, 0.2) is 0 Å². The van der Waals surface area contributed by atoms with Gasteiger partial charge in [0.05, 0.1) is 18.3 Å². The number of rotatable bonds is 5. The minimum Gasteiger partial charge on any atom is -0.475 e. The Hall–Kier alpha value is -2.20. The molecule has 178 valence electrons. The van der Waals surface area contributed by atoms with Gasteiger partial charge in [-0.15, -0.1) is 0 Å². The van der Waals surface area contributed by atoms with Gasteiger partial charge in [0, 0.05) is 44.1 Å². The molecule has 2 unspecified atom stereocenters. The summed E-state index contributed by atoms with van der Waals surface area (Å²) in [6, 6.07) is 3.67. The first kappa shape index (κ1) is 24.4. The third-order valence-corrected chi connectivity index (χ3v) is 6.39. The fourth-order valence-corrected chi connectivity index (χ4v) is 4.43. The van der Waals surface area contributed by atoms with E-state index in [9.17, 15) is 18.0 Å². The van der Waals surface area contributed by atoms with Gasteiger partial charge in [0.1, 0.15) is 0 Å². The number of ether oxygens (including phenoxy) is 2. The van der Waals surface area contributed by atoms with E-state index in [-0.39, 0.29) is 17.4 Å². The van der Waals surface area contributed by atoms with Crippen LogP contribution in [0.5, 0.6) is 0 Å². The van der Waals surface area contributed by atoms with E-state index < -0.39 is 12.1 Å². The van der Waals surface area contributed by atoms with Crippen LogP contribution in [0.15, 0.2) is 24.5 Å². The maximum Gasteiger partial charge on any atom is 0.490 e. The van der Waals surface area contributed by atoms with E-state index in [1.165, 1.54) is 19.3 Å². The van der Waals surface area contributed by atoms with Crippen LogP contribution in [0.2, 0.25) is 0 Å². The van der Waals surface area contributed by atoms with Crippen LogP contribution in [0.25, 0.3) is 0 Å². The van der Waals surface area contributed by atoms with E-state index >= 15 is 0 Å². The molecule has 32 heavy (non-hydrogen) atoms. The smallest absolute Gasteiger partial charge is 0.475 e. The van der Waals surface area contributed by atoms with Crippen molar-refractivity contribution in [2.24, 2.45) is 11.3 Å². The number of carbonyl (C=O) groups is 2. The van der Waals surface area contributed by atoms with Crippen LogP contribution < -0.4 is 0 Å². The second kappa shape index (κ2) is 10.6. The number of aromatic nitrogens is 1. The first-order chi connectivity index (χ1) is 15.2. The van der Waals surface area contributed by atoms with E-state index in [4.69, 9.17) is 19.4 Å². The summed E-state index contributed by atoms with van der Waals surface area (Å²) in [6.07, 6.45) is 5.49. The third kappa shape index (κ3) is 6.19. The van der Waals surface area contributed by atoms with Gasteiger partial charge < -0.3 is 19.5 Å². The molecule has 7 nitrogen and oxygen atoms in total. The Kier molecular flexibility index (Phi) is 8.10. The highest BCUT2D eigenvalue weighted by atomic mass is 19.4. The first-order valence-electron chi connectivity index (χ1n) is 10.9. The van der Waals surface area contributed by atoms with E-state index in [2.05, 4.69) is 4.98 Å². The minimum absolute atomic E-state index is 0.0435. The zero-order chi connectivity index (χ0) is 23.2. The summed E-state index contributed by atoms with van der Waals surface area (Å²) < 4.78 is 44.0. The zero-order valence-corrected chi connectivity index (χ0v) is 17.9. The Morgan fingerprint density at radius 3 is 2.62 bits per heavy atom. The quantitative estimate of drug-likeness (QED) is 0.726. The zero-order valence-electron chi connectivity index (χ0n) is 17.9. The average Bonchev–Trinajstić information content (AvgIpc) is 2.75. The van der Waals surface area contributed by atoms with E-state index in [1.54, 1.807) is 12.4 Å². The van der Waals surface area contributed by atoms with E-state index in [1.807, 2.05) is 17.0 Å². The molecular weight excluding hydrogens is 429 g/mol. The topological polar surface area (TPSA) is 89.0 Å². The highest BCUT2D eigenvalue weighted by molar-refractivity contribution is 5.94. The first-order valence-corrected chi connectivity index (χ1v) is 10.9. The van der Waals surface area contributed by atoms with Crippen molar-refractivity contribution in [1.29, 1.82) is 0 Å². The predicted octanol–water partition coefficient (Wildman–Crippen LogP) is 3.54. The number of carboxylic acid groups (broad SMARTS) is 1. The molecule has 0 bridgehead atoms. The summed E-state index contributed by atoms with van der Waals surface area (Å²) in [5, 5.41) is 7.12. The Morgan fingerprint density at radius 1 is 1.28 bits per heavy atom. The highest BCUT2D eigenvalue weighted by Gasteiger charge is 2.47. The molecule has 2 saturated heterocycles. The van der Waals surface area contributed by atoms with Crippen molar-refractivity contribution in [3.8, 4) is 0 Å². The summed E-state index contributed by atoms with van der Waals surface area (Å²) in [5.41, 5.74) is 0.626. The normalized spacial score (nSPS) is 25.7. The van der Waals surface area contributed by atoms with Crippen molar-refractivity contribution in [3.63, 3.8) is 0 Å². The molecule has 1 saturated carbocycles. The number of alkyl halides is 3. The van der Waals surface area contributed by atoms with Crippen LogP contribution in [0.4, 0.5) is 13.2 Å². The number of piperidine rings is 1. The summed E-state index contributed by atoms with van der Waals surface area (Å²) in [4.78, 5) is 27.8. The van der Waals surface area contributed by atoms with Crippen molar-refractivity contribution in [3.05, 3.63) is 30.1 Å². The summed E-state index contributed by atoms with van der Waals surface area (Å²) in [7, 11) is 0. The SMILES string of the molecule is O=C(O)C(F)(F)F.O=C(c1cccnc1)N1CCC2OCCCC2(COCC2CCC2)C1. The number of hydrogen-bond acceptors (Lipinski definition) is 5. The molecule has 3 heterocycles. The van der Waals surface area contributed by atoms with Crippen molar-refractivity contribution in [2.45, 2.75) is 50.8 Å². The number of fused-ring (bicyclic) bond motifs is 1. The lowest BCUT2D eigenvalue weighted by Crippen LogP contribution is -2.58. The average molecular weight is 458 g/mol. The highest BCUT2D eigenvalue weighted by Crippen LogP contribution is 2.41. The number of amides is 1. The number of nitrogens with zero attached hydrogens (tertiary/aromatic N) is 2. The number of hydrogen-bond donors (Lipinski definition) is 1. The molecule has 3 aliphatic rings. The number of pyridine rings is 1. The third-order valence-electron chi connectivity index (χ3n) is 6.39. The van der Waals surface area contributed by atoms with Gasteiger partial charge in [0.25, 0.3) is 5.91 Å². The van der Waals surface area contributed by atoms with Crippen molar-refractivity contribution >= 4 is 11.9 Å². The molecule has 1 aliphatic carbocycles. The van der Waals surface area contributed by atoms with E-state index in [0.29, 0.717) is 12.2 Å². The Labute approximate surface area is 184 Å². The standard InChI is InChI=1S/C20H28N2O3.C2HF3O2/c23-19(17-6-2-9-21-12-17)22-10-7-18-20(14-22,8-3-11-25-18)15-24-13-16-4-1-5-16;3-2(4,5)1(6)7/h2,6,9,12,16,18H,1,3-5,7-8,10-11,13-15H2;(H,6,7). The number of halogens is 3. The monoisotopic (exact) mass is 458 g/mol. The number of carboxylic acids is 1. The predicted molar refractivity (Wildman–Crippen MR) is 108 cm³/mol. The lowest BCUT2D eigenvalue weighted by Gasteiger charge is -2.50. The molecule has 10 heteroatoms. The maximum absolute atomic E-state index is 12.9. The minimum atomic E-state index is -5.08. The Morgan fingerprint density at radius 2 is 2.03 bits per heavy atom. The van der Waals surface area contributed by atoms with Gasteiger partial charge in [-0.25, -0.2) is 4.79 Å². The summed E-state index contributed by atoms with van der Waals surface area (Å²) >= 11 is 0. The second-order valence-corrected chi connectivity index (χ2v) is 8.70. The molecule has 4 rings (SSSR count). The van der Waals surface area contributed by atoms with Gasteiger partial charge in [-0.2, -0.15) is 13.2 Å². The molecule has 2 atom stereocenters. The molecular formula is C22H29F3N2O5. The molecule has 1 N–H and O–H groups in total. The largest absolute Gasteiger partial charge is 0.490 e. The van der Waals surface area contributed by atoms with Gasteiger partial charge in [-0.1, -0.05) is 6.42 Å². The van der Waals surface area contributed by atoms with Crippen molar-refractivity contribution in [2.75, 3.05) is 32.9 Å². The summed E-state index contributed by atoms with van der Waals surface area (Å²) in [5.74, 6) is -1.93. The van der Waals surface area contributed by atoms with Gasteiger partial charge in [-0.05, 0) is 50.2 Å². The second-order valence-electron chi connectivity index (χ2n) is 8.70. The van der Waals surface area contributed by atoms with Crippen molar-refractivity contribution in [1.82, 2.24) is 9.88 Å². The molecule has 0 radical (unpaired) electrons. The van der Waals surface area contributed by atoms with Gasteiger partial charge >= 0.3 is 12.1 Å². The Balaban J connectivity index is 0.000000360. The van der Waals surface area contributed by atoms with Crippen LogP contribution >= 0.6 is 0 Å². The van der Waals surface area contributed by atoms with Crippen LogP contribution in [-0.4, -0.2) is 72.1 Å². The van der Waals surface area contributed by atoms with Crippen molar-refractivity contribution < 1.29 is 37.3 Å². The molecule has 0 aromatic carbocycles. The number of carbonyl (C=O) groups excluding carboxylic acids is 1. The molecule has 0 spiro atoms. The number of likely N-dealkylation sites (tertiary alicyclic amines) is 1. The lowest BCUT2D eigenvalue weighted by molar-refractivity contribution is -0.192. The van der Waals surface area contributed by atoms with Crippen LogP contribution in [0, 0.1) is 11.3 Å². The van der Waals surface area contributed by atoms with E-state index in [0.717, 1.165) is 51.5 Å². The molecule has 3 fully saturated rings. The van der Waals surface area contributed by atoms with Crippen LogP contribution in [0.1, 0.15) is 48.9 Å². The molecule has 1 aromatic heterocycles. The van der Waals surface area contributed by atoms with Crippen LogP contribution in [0.3, 0.4) is 0 Å². The molecule has 1 amide bonds. The maximum atomic E-state index is 12.9. The van der Waals surface area contributed by atoms with Crippen LogP contribution in [-0.2, 0) is 14.3 Å². The lowest BCUT2D eigenvalue weighted by atomic mass is 9.73. The van der Waals surface area contributed by atoms with Gasteiger partial charge in [0.2, 0.25) is 0 Å². The molecule has 2 aliphatic heterocycles. The fraction of sp³-hybridized carbons (Fsp3) is 0.682. The Bertz CT molecular complexity index is 773. The summed E-state index contributed by atoms with van der Waals surface area (Å²) in [6.45, 7) is 3.90.